The van der Waals surface area contributed by atoms with Crippen LogP contribution < -0.4 is 5.32 Å². The molecule has 118 valence electrons. The minimum absolute atomic E-state index is 0.0739. The van der Waals surface area contributed by atoms with E-state index in [-0.39, 0.29) is 10.6 Å². The van der Waals surface area contributed by atoms with Gasteiger partial charge >= 0.3 is 0 Å². The Labute approximate surface area is 129 Å². The number of fused-ring (bicyclic) bond motifs is 1. The average molecular weight is 322 g/mol. The number of nitrogens with one attached hydrogen (secondary N) is 1. The number of sulfone groups is 1. The van der Waals surface area contributed by atoms with Gasteiger partial charge in [-0.15, -0.1) is 0 Å². The molecule has 2 aromatic heterocycles. The zero-order valence-corrected chi connectivity index (χ0v) is 13.6. The van der Waals surface area contributed by atoms with Crippen LogP contribution in [0.4, 0.5) is 5.82 Å². The van der Waals surface area contributed by atoms with Crippen molar-refractivity contribution in [3.05, 3.63) is 18.0 Å². The fourth-order valence-corrected chi connectivity index (χ4v) is 2.81. The van der Waals surface area contributed by atoms with Crippen molar-refractivity contribution in [1.29, 1.82) is 0 Å². The number of aromatic nitrogens is 3. The summed E-state index contributed by atoms with van der Waals surface area (Å²) in [5, 5.41) is 3.85. The van der Waals surface area contributed by atoms with Gasteiger partial charge in [-0.3, -0.25) is 0 Å². The first-order valence-corrected chi connectivity index (χ1v) is 8.82. The highest BCUT2D eigenvalue weighted by Crippen LogP contribution is 2.28. The fourth-order valence-electron chi connectivity index (χ4n) is 2.31. The predicted octanol–water partition coefficient (Wildman–Crippen LogP) is 1.19. The lowest BCUT2D eigenvalue weighted by Crippen LogP contribution is -2.45. The number of nitrogens with zero attached hydrogens (tertiary/aromatic N) is 3. The van der Waals surface area contributed by atoms with Gasteiger partial charge < -0.3 is 10.1 Å². The second-order valence-electron chi connectivity index (χ2n) is 6.13. The molecule has 0 unspecified atom stereocenters. The second-order valence-corrected chi connectivity index (χ2v) is 8.04. The Morgan fingerprint density at radius 2 is 2.09 bits per heavy atom. The molecule has 7 nitrogen and oxygen atoms in total. The number of rotatable bonds is 4. The van der Waals surface area contributed by atoms with E-state index in [9.17, 15) is 8.42 Å². The van der Waals surface area contributed by atoms with Crippen molar-refractivity contribution in [3.8, 4) is 0 Å². The van der Waals surface area contributed by atoms with Crippen molar-refractivity contribution >= 4 is 26.6 Å². The van der Waals surface area contributed by atoms with E-state index in [1.165, 1.54) is 6.20 Å². The molecule has 0 saturated carbocycles. The third-order valence-electron chi connectivity index (χ3n) is 3.59. The molecule has 8 heteroatoms. The van der Waals surface area contributed by atoms with Gasteiger partial charge in [-0.05, 0) is 13.0 Å². The van der Waals surface area contributed by atoms with Crippen LogP contribution in [0.25, 0.3) is 10.9 Å². The Morgan fingerprint density at radius 3 is 2.68 bits per heavy atom. The molecule has 0 bridgehead atoms. The van der Waals surface area contributed by atoms with Crippen molar-refractivity contribution < 1.29 is 13.2 Å². The van der Waals surface area contributed by atoms with Crippen LogP contribution in [0.1, 0.15) is 12.6 Å². The van der Waals surface area contributed by atoms with Crippen LogP contribution in [-0.4, -0.2) is 49.4 Å². The summed E-state index contributed by atoms with van der Waals surface area (Å²) in [5.74, 6) is 0.579. The first kappa shape index (κ1) is 15.1. The summed E-state index contributed by atoms with van der Waals surface area (Å²) in [6.45, 7) is 6.10. The van der Waals surface area contributed by atoms with Gasteiger partial charge in [-0.1, -0.05) is 6.92 Å². The molecule has 0 radical (unpaired) electrons. The molecule has 1 aliphatic rings. The Morgan fingerprint density at radius 1 is 1.36 bits per heavy atom. The second kappa shape index (κ2) is 5.13. The molecule has 1 aliphatic heterocycles. The monoisotopic (exact) mass is 322 g/mol. The third-order valence-corrected chi connectivity index (χ3v) is 4.45. The van der Waals surface area contributed by atoms with E-state index in [0.29, 0.717) is 31.1 Å². The van der Waals surface area contributed by atoms with Gasteiger partial charge in [0, 0.05) is 35.5 Å². The van der Waals surface area contributed by atoms with Gasteiger partial charge in [-0.25, -0.2) is 23.4 Å². The molecule has 2 aromatic rings. The van der Waals surface area contributed by atoms with Crippen molar-refractivity contribution in [1.82, 2.24) is 15.0 Å². The highest BCUT2D eigenvalue weighted by Gasteiger charge is 2.33. The summed E-state index contributed by atoms with van der Waals surface area (Å²) in [7, 11) is -3.46. The molecule has 22 heavy (non-hydrogen) atoms. The van der Waals surface area contributed by atoms with E-state index >= 15 is 0 Å². The lowest BCUT2D eigenvalue weighted by Gasteiger charge is -2.38. The Bertz CT molecular complexity index is 831. The lowest BCUT2D eigenvalue weighted by molar-refractivity contribution is -0.0924. The van der Waals surface area contributed by atoms with Gasteiger partial charge in [0.2, 0.25) is 15.0 Å². The Hall–Kier alpha value is -1.80. The normalized spacial score (nSPS) is 17.2. The summed E-state index contributed by atoms with van der Waals surface area (Å²) in [6.07, 6.45) is 2.61. The van der Waals surface area contributed by atoms with Crippen LogP contribution in [0.3, 0.4) is 0 Å². The standard InChI is InChI=1S/C14H18N4O3S/c1-9-4-10-5-15-13(22(3,19)20)18-11(10)12(17-9)16-6-14(2)7-21-8-14/h4-5H,6-8H2,1-3H3,(H,16,17). The molecule has 0 spiro atoms. The summed E-state index contributed by atoms with van der Waals surface area (Å²) in [4.78, 5) is 12.5. The summed E-state index contributed by atoms with van der Waals surface area (Å²) < 4.78 is 28.5. The molecular weight excluding hydrogens is 304 g/mol. The number of pyridine rings is 1. The first-order chi connectivity index (χ1) is 10.3. The Balaban J connectivity index is 2.02. The maximum Gasteiger partial charge on any atom is 0.247 e. The van der Waals surface area contributed by atoms with Crippen molar-refractivity contribution in [2.75, 3.05) is 31.3 Å². The van der Waals surface area contributed by atoms with Gasteiger partial charge in [-0.2, -0.15) is 0 Å². The van der Waals surface area contributed by atoms with E-state index in [4.69, 9.17) is 4.74 Å². The lowest BCUT2D eigenvalue weighted by atomic mass is 9.89. The van der Waals surface area contributed by atoms with E-state index in [2.05, 4.69) is 27.2 Å². The minimum atomic E-state index is -3.46. The van der Waals surface area contributed by atoms with Crippen LogP contribution in [0.15, 0.2) is 17.4 Å². The predicted molar refractivity (Wildman–Crippen MR) is 82.6 cm³/mol. The van der Waals surface area contributed by atoms with E-state index < -0.39 is 9.84 Å². The van der Waals surface area contributed by atoms with Crippen LogP contribution in [0.5, 0.6) is 0 Å². The third kappa shape index (κ3) is 2.89. The zero-order valence-electron chi connectivity index (χ0n) is 12.8. The molecule has 0 aliphatic carbocycles. The summed E-state index contributed by atoms with van der Waals surface area (Å²) in [6, 6.07) is 1.83. The van der Waals surface area contributed by atoms with E-state index in [1.54, 1.807) is 0 Å². The molecule has 1 N–H and O–H groups in total. The van der Waals surface area contributed by atoms with Crippen LogP contribution >= 0.6 is 0 Å². The van der Waals surface area contributed by atoms with Crippen molar-refractivity contribution in [2.24, 2.45) is 5.41 Å². The molecule has 0 atom stereocenters. The first-order valence-electron chi connectivity index (χ1n) is 6.93. The topological polar surface area (TPSA) is 94.1 Å². The molecule has 0 aromatic carbocycles. The summed E-state index contributed by atoms with van der Waals surface area (Å²) in [5.41, 5.74) is 1.41. The fraction of sp³-hybridized carbons (Fsp3) is 0.500. The van der Waals surface area contributed by atoms with Crippen LogP contribution in [-0.2, 0) is 14.6 Å². The number of hydrogen-bond donors (Lipinski definition) is 1. The van der Waals surface area contributed by atoms with E-state index in [1.807, 2.05) is 13.0 Å². The Kier molecular flexibility index (Phi) is 3.53. The van der Waals surface area contributed by atoms with Crippen molar-refractivity contribution in [3.63, 3.8) is 0 Å². The maximum absolute atomic E-state index is 11.6. The average Bonchev–Trinajstić information content (AvgIpc) is 2.41. The quantitative estimate of drug-likeness (QED) is 0.845. The molecule has 3 rings (SSSR count). The molecule has 1 fully saturated rings. The van der Waals surface area contributed by atoms with E-state index in [0.717, 1.165) is 17.3 Å². The molecular formula is C14H18N4O3S. The number of hydrogen-bond acceptors (Lipinski definition) is 7. The maximum atomic E-state index is 11.6. The van der Waals surface area contributed by atoms with Gasteiger partial charge in [0.05, 0.1) is 13.2 Å². The minimum Gasteiger partial charge on any atom is -0.380 e. The van der Waals surface area contributed by atoms with Crippen LogP contribution in [0.2, 0.25) is 0 Å². The smallest absolute Gasteiger partial charge is 0.247 e. The largest absolute Gasteiger partial charge is 0.380 e. The van der Waals surface area contributed by atoms with Crippen LogP contribution in [0, 0.1) is 12.3 Å². The number of anilines is 1. The zero-order chi connectivity index (χ0) is 16.0. The van der Waals surface area contributed by atoms with Gasteiger partial charge in [0.15, 0.2) is 5.82 Å². The van der Waals surface area contributed by atoms with Gasteiger partial charge in [0.25, 0.3) is 0 Å². The number of aryl methyl sites for hydroxylation is 1. The highest BCUT2D eigenvalue weighted by molar-refractivity contribution is 7.90. The summed E-state index contributed by atoms with van der Waals surface area (Å²) >= 11 is 0. The highest BCUT2D eigenvalue weighted by atomic mass is 32.2. The van der Waals surface area contributed by atoms with Crippen molar-refractivity contribution in [2.45, 2.75) is 19.0 Å². The number of ether oxygens (including phenoxy) is 1. The molecule has 0 amide bonds. The van der Waals surface area contributed by atoms with Gasteiger partial charge in [0.1, 0.15) is 5.52 Å². The molecule has 3 heterocycles. The molecule has 1 saturated heterocycles. The SMILES string of the molecule is Cc1cc2cnc(S(C)(=O)=O)nc2c(NCC2(C)COC2)n1.